The Morgan fingerprint density at radius 1 is 1.22 bits per heavy atom. The fourth-order valence-electron chi connectivity index (χ4n) is 3.11. The van der Waals surface area contributed by atoms with Crippen LogP contribution in [0.5, 0.6) is 5.75 Å². The number of benzene rings is 1. The van der Waals surface area contributed by atoms with Gasteiger partial charge in [-0.25, -0.2) is 0 Å². The summed E-state index contributed by atoms with van der Waals surface area (Å²) in [6.07, 6.45) is 5.59. The molecule has 1 heterocycles. The van der Waals surface area contributed by atoms with E-state index in [2.05, 4.69) is 58.7 Å². The predicted octanol–water partition coefficient (Wildman–Crippen LogP) is 3.69. The Morgan fingerprint density at radius 2 is 1.94 bits per heavy atom. The minimum atomic E-state index is 0.433. The van der Waals surface area contributed by atoms with Crippen molar-refractivity contribution in [1.29, 1.82) is 0 Å². The first-order valence-corrected chi connectivity index (χ1v) is 7.98. The topological polar surface area (TPSA) is 12.5 Å². The van der Waals surface area contributed by atoms with Gasteiger partial charge < -0.3 is 4.74 Å². The van der Waals surface area contributed by atoms with Gasteiger partial charge in [0.25, 0.3) is 0 Å². The molecule has 0 N–H and O–H groups in total. The van der Waals surface area contributed by atoms with Gasteiger partial charge in [-0.15, -0.1) is 0 Å². The van der Waals surface area contributed by atoms with E-state index in [-0.39, 0.29) is 0 Å². The molecule has 98 valence electrons. The molecule has 18 heavy (non-hydrogen) atoms. The zero-order valence-corrected chi connectivity index (χ0v) is 13.0. The van der Waals surface area contributed by atoms with Crippen LogP contribution in [0.4, 0.5) is 0 Å². The lowest BCUT2D eigenvalue weighted by molar-refractivity contribution is 0.0141. The number of nitrogens with zero attached hydrogens (tertiary/aromatic N) is 1. The Balaban J connectivity index is 1.49. The van der Waals surface area contributed by atoms with Gasteiger partial charge in [-0.1, -0.05) is 0 Å². The van der Waals surface area contributed by atoms with Gasteiger partial charge in [0, 0.05) is 28.5 Å². The minimum absolute atomic E-state index is 0.433. The van der Waals surface area contributed by atoms with Crippen molar-refractivity contribution in [2.45, 2.75) is 50.8 Å². The average molecular weight is 357 g/mol. The monoisotopic (exact) mass is 357 g/mol. The van der Waals surface area contributed by atoms with Crippen molar-refractivity contribution in [3.63, 3.8) is 0 Å². The maximum atomic E-state index is 6.00. The number of hydrogen-bond acceptors (Lipinski definition) is 2. The molecule has 1 aromatic carbocycles. The first-order valence-electron chi connectivity index (χ1n) is 6.90. The second kappa shape index (κ2) is 5.37. The lowest BCUT2D eigenvalue weighted by atomic mass is 9.87. The molecule has 3 rings (SSSR count). The quantitative estimate of drug-likeness (QED) is 0.766. The largest absolute Gasteiger partial charge is 0.490 e. The third-order valence-electron chi connectivity index (χ3n) is 4.26. The summed E-state index contributed by atoms with van der Waals surface area (Å²) in [4.78, 5) is 2.67. The summed E-state index contributed by atoms with van der Waals surface area (Å²) in [6.45, 7) is 3.66. The fourth-order valence-corrected chi connectivity index (χ4v) is 3.47. The van der Waals surface area contributed by atoms with E-state index < -0.39 is 0 Å². The van der Waals surface area contributed by atoms with E-state index in [1.165, 1.54) is 35.8 Å². The minimum Gasteiger partial charge on any atom is -0.490 e. The molecule has 1 aliphatic carbocycles. The third kappa shape index (κ3) is 2.67. The Kier molecular flexibility index (Phi) is 3.80. The third-order valence-corrected chi connectivity index (χ3v) is 4.98. The van der Waals surface area contributed by atoms with Crippen molar-refractivity contribution in [3.05, 3.63) is 27.8 Å². The zero-order valence-electron chi connectivity index (χ0n) is 10.8. The van der Waals surface area contributed by atoms with Crippen LogP contribution < -0.4 is 4.74 Å². The molecule has 0 radical (unpaired) electrons. The molecule has 1 aliphatic heterocycles. The molecule has 0 unspecified atom stereocenters. The average Bonchev–Trinajstić information content (AvgIpc) is 2.72. The van der Waals surface area contributed by atoms with E-state index in [0.717, 1.165) is 17.8 Å². The highest BCUT2D eigenvalue weighted by Gasteiger charge is 2.38. The fraction of sp³-hybridized carbons (Fsp3) is 0.600. The molecule has 2 aliphatic rings. The van der Waals surface area contributed by atoms with Crippen LogP contribution in [-0.4, -0.2) is 29.6 Å². The van der Waals surface area contributed by atoms with E-state index in [1.54, 1.807) is 0 Å². The van der Waals surface area contributed by atoms with Gasteiger partial charge in [-0.2, -0.15) is 0 Å². The van der Waals surface area contributed by atoms with Crippen LogP contribution in [0.15, 0.2) is 24.3 Å². The van der Waals surface area contributed by atoms with E-state index in [1.807, 2.05) is 0 Å². The van der Waals surface area contributed by atoms with Crippen LogP contribution in [0.3, 0.4) is 0 Å². The lowest BCUT2D eigenvalue weighted by Gasteiger charge is -2.42. The van der Waals surface area contributed by atoms with E-state index >= 15 is 0 Å². The summed E-state index contributed by atoms with van der Waals surface area (Å²) in [5, 5.41) is 0. The Hall–Kier alpha value is -0.290. The van der Waals surface area contributed by atoms with Crippen molar-refractivity contribution in [3.8, 4) is 5.75 Å². The Labute approximate surface area is 123 Å². The highest BCUT2D eigenvalue weighted by Crippen LogP contribution is 2.34. The molecule has 1 saturated carbocycles. The molecule has 2 nitrogen and oxygen atoms in total. The molecule has 2 fully saturated rings. The van der Waals surface area contributed by atoms with Crippen LogP contribution in [0.1, 0.15) is 32.6 Å². The summed E-state index contributed by atoms with van der Waals surface area (Å²) < 4.78 is 7.26. The zero-order chi connectivity index (χ0) is 12.5. The van der Waals surface area contributed by atoms with Gasteiger partial charge in [0.05, 0.1) is 0 Å². The number of rotatable bonds is 3. The van der Waals surface area contributed by atoms with Crippen LogP contribution in [-0.2, 0) is 0 Å². The van der Waals surface area contributed by atoms with Gasteiger partial charge in [0.1, 0.15) is 11.9 Å². The van der Waals surface area contributed by atoms with Crippen molar-refractivity contribution in [2.75, 3.05) is 6.54 Å². The number of ether oxygens (including phenoxy) is 1. The number of halogens is 1. The normalized spacial score (nSPS) is 32.2. The smallest absolute Gasteiger partial charge is 0.119 e. The summed E-state index contributed by atoms with van der Waals surface area (Å²) in [6, 6.07) is 9.93. The van der Waals surface area contributed by atoms with E-state index in [0.29, 0.717) is 6.10 Å². The molecular formula is C15H20INO. The summed E-state index contributed by atoms with van der Waals surface area (Å²) >= 11 is 2.32. The molecule has 0 spiro atoms. The van der Waals surface area contributed by atoms with Crippen LogP contribution in [0.2, 0.25) is 0 Å². The van der Waals surface area contributed by atoms with Crippen molar-refractivity contribution in [1.82, 2.24) is 4.90 Å². The van der Waals surface area contributed by atoms with Gasteiger partial charge in [0.2, 0.25) is 0 Å². The van der Waals surface area contributed by atoms with Crippen LogP contribution in [0.25, 0.3) is 0 Å². The molecule has 0 amide bonds. The maximum Gasteiger partial charge on any atom is 0.119 e. The standard InChI is InChI=1S/C15H20INO/c1-11-3-2-8-17(11)13-9-15(10-13)18-14-6-4-12(16)5-7-14/h4-7,11,13,15H,2-3,8-10H2,1H3/t11-,13?,15?/m1/s1. The Morgan fingerprint density at radius 3 is 2.56 bits per heavy atom. The molecular weight excluding hydrogens is 337 g/mol. The first-order chi connectivity index (χ1) is 8.72. The highest BCUT2D eigenvalue weighted by atomic mass is 127. The molecule has 3 heteroatoms. The van der Waals surface area contributed by atoms with Gasteiger partial charge in [-0.3, -0.25) is 4.90 Å². The van der Waals surface area contributed by atoms with E-state index in [4.69, 9.17) is 4.74 Å². The molecule has 1 atom stereocenters. The lowest BCUT2D eigenvalue weighted by Crippen LogP contribution is -2.50. The first kappa shape index (κ1) is 12.7. The second-order valence-corrected chi connectivity index (χ2v) is 6.79. The van der Waals surface area contributed by atoms with E-state index in [9.17, 15) is 0 Å². The van der Waals surface area contributed by atoms with Gasteiger partial charge >= 0.3 is 0 Å². The van der Waals surface area contributed by atoms with Gasteiger partial charge in [-0.05, 0) is 73.2 Å². The predicted molar refractivity (Wildman–Crippen MR) is 82.0 cm³/mol. The highest BCUT2D eigenvalue weighted by molar-refractivity contribution is 14.1. The number of hydrogen-bond donors (Lipinski definition) is 0. The maximum absolute atomic E-state index is 6.00. The van der Waals surface area contributed by atoms with Crippen LogP contribution >= 0.6 is 22.6 Å². The molecule has 1 saturated heterocycles. The molecule has 1 aromatic rings. The SMILES string of the molecule is C[C@@H]1CCCN1C1CC(Oc2ccc(I)cc2)C1. The second-order valence-electron chi connectivity index (χ2n) is 5.55. The van der Waals surface area contributed by atoms with Crippen molar-refractivity contribution >= 4 is 22.6 Å². The summed E-state index contributed by atoms with van der Waals surface area (Å²) in [5.74, 6) is 1.02. The van der Waals surface area contributed by atoms with Crippen LogP contribution in [0, 0.1) is 3.57 Å². The number of likely N-dealkylation sites (tertiary alicyclic amines) is 1. The molecule has 0 aromatic heterocycles. The van der Waals surface area contributed by atoms with Crippen molar-refractivity contribution < 1.29 is 4.74 Å². The Bertz CT molecular complexity index is 399. The van der Waals surface area contributed by atoms with Crippen molar-refractivity contribution in [2.24, 2.45) is 0 Å². The molecule has 0 bridgehead atoms. The summed E-state index contributed by atoms with van der Waals surface area (Å²) in [7, 11) is 0. The van der Waals surface area contributed by atoms with Gasteiger partial charge in [0.15, 0.2) is 0 Å². The summed E-state index contributed by atoms with van der Waals surface area (Å²) in [5.41, 5.74) is 0.